The predicted molar refractivity (Wildman–Crippen MR) is 64.6 cm³/mol. The van der Waals surface area contributed by atoms with Crippen molar-refractivity contribution in [3.05, 3.63) is 35.9 Å². The number of rotatable bonds is 3. The summed E-state index contributed by atoms with van der Waals surface area (Å²) >= 11 is 0. The molecular formula is C13H10F6O4. The Bertz CT molecular complexity index is 618. The van der Waals surface area contributed by atoms with E-state index in [1.54, 1.807) is 0 Å². The van der Waals surface area contributed by atoms with E-state index in [1.165, 1.54) is 0 Å². The molecule has 0 aliphatic carbocycles. The van der Waals surface area contributed by atoms with Gasteiger partial charge in [0, 0.05) is 11.1 Å². The molecule has 0 radical (unpaired) electrons. The van der Waals surface area contributed by atoms with Gasteiger partial charge in [0.15, 0.2) is 0 Å². The summed E-state index contributed by atoms with van der Waals surface area (Å²) in [5, 5.41) is 18.5. The Kier molecular flexibility index (Phi) is 4.71. The molecule has 10 heteroatoms. The fourth-order valence-electron chi connectivity index (χ4n) is 1.54. The maximum atomic E-state index is 12.9. The van der Waals surface area contributed by atoms with Gasteiger partial charge in [-0.3, -0.25) is 0 Å². The van der Waals surface area contributed by atoms with Crippen LogP contribution < -0.4 is 4.74 Å². The maximum absolute atomic E-state index is 12.9. The molecule has 0 aromatic heterocycles. The van der Waals surface area contributed by atoms with Gasteiger partial charge in [-0.1, -0.05) is 6.58 Å². The van der Waals surface area contributed by atoms with E-state index in [4.69, 9.17) is 0 Å². The lowest BCUT2D eigenvalue weighted by Gasteiger charge is -2.33. The van der Waals surface area contributed by atoms with Gasteiger partial charge < -0.3 is 14.9 Å². The molecule has 0 heterocycles. The number of aliphatic hydroxyl groups is 1. The van der Waals surface area contributed by atoms with Crippen LogP contribution in [0.5, 0.6) is 11.5 Å². The van der Waals surface area contributed by atoms with Crippen LogP contribution in [0.15, 0.2) is 30.4 Å². The Hall–Kier alpha value is -2.23. The number of aromatic hydroxyl groups is 1. The first-order valence-corrected chi connectivity index (χ1v) is 5.79. The molecule has 0 saturated carbocycles. The normalized spacial score (nSPS) is 12.9. The second kappa shape index (κ2) is 5.76. The Morgan fingerprint density at radius 2 is 1.61 bits per heavy atom. The Labute approximate surface area is 125 Å². The molecule has 0 aliphatic heterocycles. The summed E-state index contributed by atoms with van der Waals surface area (Å²) in [4.78, 5) is 11.3. The third-order valence-corrected chi connectivity index (χ3v) is 2.72. The number of alkyl halides is 6. The zero-order valence-corrected chi connectivity index (χ0v) is 11.4. The number of carbonyl (C=O) groups is 1. The van der Waals surface area contributed by atoms with E-state index in [0.717, 1.165) is 6.92 Å². The van der Waals surface area contributed by atoms with Gasteiger partial charge in [-0.2, -0.15) is 26.3 Å². The molecule has 1 aromatic carbocycles. The number of benzene rings is 1. The molecule has 0 atom stereocenters. The van der Waals surface area contributed by atoms with Crippen LogP contribution in [0.4, 0.5) is 26.3 Å². The summed E-state index contributed by atoms with van der Waals surface area (Å²) in [7, 11) is 0. The van der Waals surface area contributed by atoms with Crippen molar-refractivity contribution in [1.29, 1.82) is 0 Å². The molecule has 1 rings (SSSR count). The summed E-state index contributed by atoms with van der Waals surface area (Å²) in [6.45, 7) is 4.24. The van der Waals surface area contributed by atoms with Gasteiger partial charge in [-0.25, -0.2) is 4.79 Å². The summed E-state index contributed by atoms with van der Waals surface area (Å²) in [6.07, 6.45) is -12.4. The van der Waals surface area contributed by atoms with Gasteiger partial charge in [0.1, 0.15) is 11.5 Å². The quantitative estimate of drug-likeness (QED) is 0.383. The molecule has 0 unspecified atom stereocenters. The summed E-state index contributed by atoms with van der Waals surface area (Å²) < 4.78 is 81.7. The number of carbonyl (C=O) groups excluding carboxylic acids is 1. The molecule has 0 aliphatic rings. The lowest BCUT2D eigenvalue weighted by atomic mass is 9.91. The molecule has 1 aromatic rings. The van der Waals surface area contributed by atoms with Crippen LogP contribution in [0.2, 0.25) is 0 Å². The zero-order valence-electron chi connectivity index (χ0n) is 11.4. The minimum atomic E-state index is -6.19. The highest BCUT2D eigenvalue weighted by Gasteiger charge is 2.72. The standard InChI is InChI=1S/C13H10F6O4/c1-6(2)10(21)23-9-4-3-7(20)5-8(9)11(22,12(14,15)16)13(17,18)19/h3-5,20,22H,1H2,2H3. The van der Waals surface area contributed by atoms with Crippen molar-refractivity contribution in [2.24, 2.45) is 0 Å². The Morgan fingerprint density at radius 3 is 2.00 bits per heavy atom. The molecule has 4 nitrogen and oxygen atoms in total. The van der Waals surface area contributed by atoms with Crippen molar-refractivity contribution < 1.29 is 46.1 Å². The Balaban J connectivity index is 3.64. The lowest BCUT2D eigenvalue weighted by molar-refractivity contribution is -0.376. The largest absolute Gasteiger partial charge is 0.508 e. The van der Waals surface area contributed by atoms with Gasteiger partial charge in [0.05, 0.1) is 0 Å². The highest BCUT2D eigenvalue weighted by molar-refractivity contribution is 5.89. The van der Waals surface area contributed by atoms with Crippen LogP contribution in [0, 0.1) is 0 Å². The van der Waals surface area contributed by atoms with E-state index >= 15 is 0 Å². The number of halogens is 6. The van der Waals surface area contributed by atoms with Crippen molar-refractivity contribution in [1.82, 2.24) is 0 Å². The molecule has 128 valence electrons. The van der Waals surface area contributed by atoms with Crippen LogP contribution in [-0.2, 0) is 10.4 Å². The van der Waals surface area contributed by atoms with Crippen molar-refractivity contribution in [3.8, 4) is 11.5 Å². The van der Waals surface area contributed by atoms with Crippen molar-refractivity contribution >= 4 is 5.97 Å². The van der Waals surface area contributed by atoms with Crippen LogP contribution in [0.3, 0.4) is 0 Å². The topological polar surface area (TPSA) is 66.8 Å². The molecule has 0 spiro atoms. The predicted octanol–water partition coefficient (Wildman–Crippen LogP) is 3.19. The average molecular weight is 344 g/mol. The minimum Gasteiger partial charge on any atom is -0.508 e. The highest BCUT2D eigenvalue weighted by atomic mass is 19.4. The van der Waals surface area contributed by atoms with Crippen molar-refractivity contribution in [2.45, 2.75) is 24.9 Å². The maximum Gasteiger partial charge on any atom is 0.430 e. The molecular weight excluding hydrogens is 334 g/mol. The number of hydrogen-bond donors (Lipinski definition) is 2. The third kappa shape index (κ3) is 3.41. The Morgan fingerprint density at radius 1 is 1.13 bits per heavy atom. The lowest BCUT2D eigenvalue weighted by Crippen LogP contribution is -2.54. The number of hydrogen-bond acceptors (Lipinski definition) is 4. The van der Waals surface area contributed by atoms with E-state index in [0.29, 0.717) is 12.1 Å². The highest BCUT2D eigenvalue weighted by Crippen LogP contribution is 2.53. The van der Waals surface area contributed by atoms with E-state index in [2.05, 4.69) is 11.3 Å². The smallest absolute Gasteiger partial charge is 0.430 e. The molecule has 0 bridgehead atoms. The summed E-state index contributed by atoms with van der Waals surface area (Å²) in [5.41, 5.74) is -7.51. The van der Waals surface area contributed by atoms with Gasteiger partial charge >= 0.3 is 18.3 Å². The molecule has 0 amide bonds. The SMILES string of the molecule is C=C(C)C(=O)Oc1ccc(O)cc1C(O)(C(F)(F)F)C(F)(F)F. The summed E-state index contributed by atoms with van der Waals surface area (Å²) in [6, 6.07) is 1.20. The number of phenols is 1. The molecule has 2 N–H and O–H groups in total. The van der Waals surface area contributed by atoms with Gasteiger partial charge in [0.2, 0.25) is 0 Å². The van der Waals surface area contributed by atoms with E-state index < -0.39 is 41.0 Å². The van der Waals surface area contributed by atoms with Gasteiger partial charge in [0.25, 0.3) is 5.60 Å². The molecule has 0 fully saturated rings. The molecule has 23 heavy (non-hydrogen) atoms. The second-order valence-electron chi connectivity index (χ2n) is 4.56. The number of ether oxygens (including phenoxy) is 1. The zero-order chi connectivity index (χ0) is 18.2. The van der Waals surface area contributed by atoms with E-state index in [1.807, 2.05) is 0 Å². The number of esters is 1. The third-order valence-electron chi connectivity index (χ3n) is 2.72. The van der Waals surface area contributed by atoms with Gasteiger partial charge in [-0.05, 0) is 25.1 Å². The van der Waals surface area contributed by atoms with Gasteiger partial charge in [-0.15, -0.1) is 0 Å². The van der Waals surface area contributed by atoms with Crippen molar-refractivity contribution in [3.63, 3.8) is 0 Å². The first-order chi connectivity index (χ1) is 10.2. The van der Waals surface area contributed by atoms with E-state index in [-0.39, 0.29) is 11.6 Å². The monoisotopic (exact) mass is 344 g/mol. The van der Waals surface area contributed by atoms with Crippen LogP contribution >= 0.6 is 0 Å². The first-order valence-electron chi connectivity index (χ1n) is 5.79. The minimum absolute atomic E-state index is 0.0159. The summed E-state index contributed by atoms with van der Waals surface area (Å²) in [5.74, 6) is -3.52. The van der Waals surface area contributed by atoms with Crippen molar-refractivity contribution in [2.75, 3.05) is 0 Å². The number of phenolic OH excluding ortho intramolecular Hbond substituents is 1. The average Bonchev–Trinajstić information content (AvgIpc) is 2.36. The van der Waals surface area contributed by atoms with Crippen LogP contribution in [0.25, 0.3) is 0 Å². The van der Waals surface area contributed by atoms with Crippen LogP contribution in [0.1, 0.15) is 12.5 Å². The fourth-order valence-corrected chi connectivity index (χ4v) is 1.54. The second-order valence-corrected chi connectivity index (χ2v) is 4.56. The fraction of sp³-hybridized carbons (Fsp3) is 0.308. The van der Waals surface area contributed by atoms with Crippen LogP contribution in [-0.4, -0.2) is 28.5 Å². The van der Waals surface area contributed by atoms with E-state index in [9.17, 15) is 41.4 Å². The molecule has 0 saturated heterocycles. The first kappa shape index (κ1) is 18.8.